The van der Waals surface area contributed by atoms with E-state index in [0.29, 0.717) is 11.0 Å². The van der Waals surface area contributed by atoms with Gasteiger partial charge in [0, 0.05) is 17.0 Å². The Balaban J connectivity index is 2.47. The molecule has 3 rings (SSSR count). The second-order valence-electron chi connectivity index (χ2n) is 3.67. The summed E-state index contributed by atoms with van der Waals surface area (Å²) >= 11 is 0. The first-order valence-corrected chi connectivity index (χ1v) is 4.94. The number of fused-ring (bicyclic) bond motifs is 3. The molecule has 0 unspecified atom stereocenters. The number of hydrogen-bond donors (Lipinski definition) is 2. The summed E-state index contributed by atoms with van der Waals surface area (Å²) in [6.45, 7) is 0. The Bertz CT molecular complexity index is 797. The van der Waals surface area contributed by atoms with Gasteiger partial charge in [0.2, 0.25) is 0 Å². The highest BCUT2D eigenvalue weighted by atomic mass is 16.4. The Morgan fingerprint density at radius 2 is 2.06 bits per heavy atom. The molecular weight excluding hydrogens is 222 g/mol. The topological polar surface area (TPSA) is 83.3 Å². The standard InChI is InChI=1S/C12H7NO4/c14-11-10-8(3-4-13-11)7-2-1-6(12(15)16)5-9(7)17-10/h1-5H,(H,13,14)(H,15,16). The molecule has 5 nitrogen and oxygen atoms in total. The van der Waals surface area contributed by atoms with Crippen LogP contribution in [0, 0.1) is 0 Å². The molecule has 0 fully saturated rings. The number of carbonyl (C=O) groups is 1. The van der Waals surface area contributed by atoms with Gasteiger partial charge in [-0.15, -0.1) is 0 Å². The van der Waals surface area contributed by atoms with E-state index in [1.54, 1.807) is 12.1 Å². The predicted molar refractivity (Wildman–Crippen MR) is 61.3 cm³/mol. The Kier molecular flexibility index (Phi) is 1.82. The fourth-order valence-electron chi connectivity index (χ4n) is 1.85. The normalized spacial score (nSPS) is 11.1. The van der Waals surface area contributed by atoms with E-state index in [2.05, 4.69) is 4.98 Å². The van der Waals surface area contributed by atoms with Crippen molar-refractivity contribution in [3.63, 3.8) is 0 Å². The number of nitrogens with one attached hydrogen (secondary N) is 1. The van der Waals surface area contributed by atoms with Gasteiger partial charge in [0.05, 0.1) is 5.56 Å². The molecule has 2 heterocycles. The van der Waals surface area contributed by atoms with Crippen molar-refractivity contribution in [2.24, 2.45) is 0 Å². The van der Waals surface area contributed by atoms with Crippen molar-refractivity contribution in [2.45, 2.75) is 0 Å². The summed E-state index contributed by atoms with van der Waals surface area (Å²) in [5.74, 6) is -1.03. The van der Waals surface area contributed by atoms with E-state index in [-0.39, 0.29) is 16.7 Å². The molecule has 0 amide bonds. The molecule has 0 aliphatic carbocycles. The van der Waals surface area contributed by atoms with Crippen LogP contribution in [0.5, 0.6) is 0 Å². The first-order valence-electron chi connectivity index (χ1n) is 4.94. The van der Waals surface area contributed by atoms with Crippen LogP contribution in [-0.2, 0) is 0 Å². The van der Waals surface area contributed by atoms with Crippen LogP contribution in [0.2, 0.25) is 0 Å². The summed E-state index contributed by atoms with van der Waals surface area (Å²) in [4.78, 5) is 24.8. The number of pyridine rings is 1. The Morgan fingerprint density at radius 1 is 1.24 bits per heavy atom. The highest BCUT2D eigenvalue weighted by Gasteiger charge is 2.11. The zero-order valence-corrected chi connectivity index (χ0v) is 8.56. The Morgan fingerprint density at radius 3 is 2.82 bits per heavy atom. The van der Waals surface area contributed by atoms with Gasteiger partial charge in [0.15, 0.2) is 5.58 Å². The number of hydrogen-bond acceptors (Lipinski definition) is 3. The van der Waals surface area contributed by atoms with Gasteiger partial charge in [-0.05, 0) is 24.3 Å². The third-order valence-electron chi connectivity index (χ3n) is 2.65. The molecule has 1 aromatic carbocycles. The van der Waals surface area contributed by atoms with Crippen LogP contribution in [0.15, 0.2) is 39.7 Å². The van der Waals surface area contributed by atoms with Crippen LogP contribution in [0.1, 0.15) is 10.4 Å². The van der Waals surface area contributed by atoms with Gasteiger partial charge in [-0.1, -0.05) is 0 Å². The summed E-state index contributed by atoms with van der Waals surface area (Å²) in [7, 11) is 0. The van der Waals surface area contributed by atoms with Crippen molar-refractivity contribution in [2.75, 3.05) is 0 Å². The van der Waals surface area contributed by atoms with Gasteiger partial charge in [-0.3, -0.25) is 4.79 Å². The third kappa shape index (κ3) is 1.32. The molecule has 3 aromatic rings. The SMILES string of the molecule is O=C(O)c1ccc2c(c1)oc1c(=O)[nH]ccc12. The number of carboxylic acid groups (broad SMARTS) is 1. The maximum atomic E-state index is 11.5. The van der Waals surface area contributed by atoms with Gasteiger partial charge >= 0.3 is 5.97 Å². The molecule has 0 atom stereocenters. The number of aromatic nitrogens is 1. The third-order valence-corrected chi connectivity index (χ3v) is 2.65. The zero-order chi connectivity index (χ0) is 12.0. The molecule has 0 aliphatic rings. The molecule has 0 spiro atoms. The smallest absolute Gasteiger partial charge is 0.335 e. The fraction of sp³-hybridized carbons (Fsp3) is 0. The van der Waals surface area contributed by atoms with Crippen LogP contribution in [0.3, 0.4) is 0 Å². The van der Waals surface area contributed by atoms with Gasteiger partial charge in [-0.25, -0.2) is 4.79 Å². The van der Waals surface area contributed by atoms with Gasteiger partial charge in [-0.2, -0.15) is 0 Å². The lowest BCUT2D eigenvalue weighted by atomic mass is 10.1. The largest absolute Gasteiger partial charge is 0.478 e. The van der Waals surface area contributed by atoms with E-state index in [1.807, 2.05) is 0 Å². The molecule has 2 aromatic heterocycles. The lowest BCUT2D eigenvalue weighted by Crippen LogP contribution is -2.02. The van der Waals surface area contributed by atoms with Crippen molar-refractivity contribution >= 4 is 27.9 Å². The molecule has 0 aliphatic heterocycles. The van der Waals surface area contributed by atoms with Crippen molar-refractivity contribution in [1.82, 2.24) is 4.98 Å². The number of aromatic carboxylic acids is 1. The molecule has 0 saturated heterocycles. The minimum absolute atomic E-state index is 0.132. The summed E-state index contributed by atoms with van der Waals surface area (Å²) < 4.78 is 5.37. The monoisotopic (exact) mass is 229 g/mol. The van der Waals surface area contributed by atoms with Crippen LogP contribution >= 0.6 is 0 Å². The fourth-order valence-corrected chi connectivity index (χ4v) is 1.85. The van der Waals surface area contributed by atoms with E-state index in [4.69, 9.17) is 9.52 Å². The molecule has 0 saturated carbocycles. The number of furan rings is 1. The number of H-pyrrole nitrogens is 1. The van der Waals surface area contributed by atoms with Gasteiger partial charge in [0.25, 0.3) is 5.56 Å². The molecule has 0 radical (unpaired) electrons. The Hall–Kier alpha value is -2.56. The summed E-state index contributed by atoms with van der Waals surface area (Å²) in [5, 5.41) is 10.3. The zero-order valence-electron chi connectivity index (χ0n) is 8.56. The molecule has 84 valence electrons. The lowest BCUT2D eigenvalue weighted by molar-refractivity contribution is 0.0697. The maximum absolute atomic E-state index is 11.5. The highest BCUT2D eigenvalue weighted by Crippen LogP contribution is 2.26. The highest BCUT2D eigenvalue weighted by molar-refractivity contribution is 6.06. The summed E-state index contributed by atoms with van der Waals surface area (Å²) in [5.41, 5.74) is 0.421. The van der Waals surface area contributed by atoms with Crippen LogP contribution < -0.4 is 5.56 Å². The molecule has 5 heteroatoms. The molecule has 2 N–H and O–H groups in total. The maximum Gasteiger partial charge on any atom is 0.335 e. The first kappa shape index (κ1) is 9.65. The van der Waals surface area contributed by atoms with Crippen LogP contribution in [-0.4, -0.2) is 16.1 Å². The average molecular weight is 229 g/mol. The van der Waals surface area contributed by atoms with Crippen molar-refractivity contribution in [1.29, 1.82) is 0 Å². The van der Waals surface area contributed by atoms with Crippen molar-refractivity contribution in [3.8, 4) is 0 Å². The van der Waals surface area contributed by atoms with Crippen LogP contribution in [0.25, 0.3) is 21.9 Å². The Labute approximate surface area is 94.3 Å². The van der Waals surface area contributed by atoms with Crippen molar-refractivity contribution < 1.29 is 14.3 Å². The average Bonchev–Trinajstić information content (AvgIpc) is 2.68. The second kappa shape index (κ2) is 3.21. The van der Waals surface area contributed by atoms with E-state index >= 15 is 0 Å². The van der Waals surface area contributed by atoms with Crippen LogP contribution in [0.4, 0.5) is 0 Å². The minimum Gasteiger partial charge on any atom is -0.478 e. The predicted octanol–water partition coefficient (Wildman–Crippen LogP) is 1.97. The van der Waals surface area contributed by atoms with Gasteiger partial charge in [0.1, 0.15) is 5.58 Å². The lowest BCUT2D eigenvalue weighted by Gasteiger charge is -1.92. The van der Waals surface area contributed by atoms with E-state index in [9.17, 15) is 9.59 Å². The van der Waals surface area contributed by atoms with Gasteiger partial charge < -0.3 is 14.5 Å². The number of aromatic amines is 1. The number of rotatable bonds is 1. The second-order valence-corrected chi connectivity index (χ2v) is 3.67. The molecular formula is C12H7NO4. The number of carboxylic acids is 1. The summed E-state index contributed by atoms with van der Waals surface area (Å²) in [6, 6.07) is 6.27. The van der Waals surface area contributed by atoms with E-state index in [0.717, 1.165) is 5.39 Å². The first-order chi connectivity index (χ1) is 8.16. The van der Waals surface area contributed by atoms with Crippen molar-refractivity contribution in [3.05, 3.63) is 46.4 Å². The quantitative estimate of drug-likeness (QED) is 0.668. The number of benzene rings is 1. The minimum atomic E-state index is -1.03. The molecule has 0 bridgehead atoms. The van der Waals surface area contributed by atoms with E-state index in [1.165, 1.54) is 18.3 Å². The molecule has 17 heavy (non-hydrogen) atoms. The van der Waals surface area contributed by atoms with E-state index < -0.39 is 5.97 Å². The summed E-state index contributed by atoms with van der Waals surface area (Å²) in [6.07, 6.45) is 1.53.